The number of ether oxygens (including phenoxy) is 1. The highest BCUT2D eigenvalue weighted by molar-refractivity contribution is 7.99. The molecule has 1 N–H and O–H groups in total. The fraction of sp³-hybridized carbons (Fsp3) is 0.318. The second kappa shape index (κ2) is 10.1. The fourth-order valence-electron chi connectivity index (χ4n) is 3.41. The number of amides is 1. The molecule has 1 aliphatic rings. The predicted molar refractivity (Wildman–Crippen MR) is 118 cm³/mol. The van der Waals surface area contributed by atoms with E-state index in [4.69, 9.17) is 4.74 Å². The van der Waals surface area contributed by atoms with Crippen LogP contribution >= 0.6 is 11.8 Å². The van der Waals surface area contributed by atoms with Gasteiger partial charge in [-0.25, -0.2) is 8.78 Å². The van der Waals surface area contributed by atoms with E-state index in [1.54, 1.807) is 28.8 Å². The number of anilines is 1. The molecule has 1 aromatic heterocycles. The number of carbonyl (C=O) groups excluding carboxylic acids is 1. The molecule has 0 aliphatic carbocycles. The molecule has 1 unspecified atom stereocenters. The quantitative estimate of drug-likeness (QED) is 0.547. The average molecular weight is 460 g/mol. The lowest BCUT2D eigenvalue weighted by atomic mass is 10.1. The Morgan fingerprint density at radius 1 is 1.12 bits per heavy atom. The van der Waals surface area contributed by atoms with Crippen LogP contribution in [0, 0.1) is 11.6 Å². The van der Waals surface area contributed by atoms with E-state index in [0.29, 0.717) is 43.1 Å². The summed E-state index contributed by atoms with van der Waals surface area (Å²) in [5.41, 5.74) is 1.39. The number of morpholine rings is 1. The summed E-state index contributed by atoms with van der Waals surface area (Å²) >= 11 is 1.22. The Morgan fingerprint density at radius 2 is 1.88 bits per heavy atom. The Balaban J connectivity index is 1.49. The Hall–Kier alpha value is -2.98. The molecular formula is C22H23F2N5O2S. The van der Waals surface area contributed by atoms with E-state index >= 15 is 0 Å². The summed E-state index contributed by atoms with van der Waals surface area (Å²) < 4.78 is 34.2. The summed E-state index contributed by atoms with van der Waals surface area (Å²) in [6.45, 7) is 4.27. The number of halogens is 2. The molecule has 0 bridgehead atoms. The maximum Gasteiger partial charge on any atom is 0.232 e. The van der Waals surface area contributed by atoms with Gasteiger partial charge in [0.25, 0.3) is 0 Å². The lowest BCUT2D eigenvalue weighted by Crippen LogP contribution is -2.37. The van der Waals surface area contributed by atoms with Crippen LogP contribution in [0.4, 0.5) is 14.7 Å². The summed E-state index contributed by atoms with van der Waals surface area (Å²) in [6, 6.07) is 11.9. The maximum atomic E-state index is 13.9. The SMILES string of the molecule is CC(NC(=O)CSc1nnc(N2CCOCC2)n1-c1cccc(F)c1)c1ccc(F)cc1. The number of nitrogens with zero attached hydrogens (tertiary/aromatic N) is 4. The van der Waals surface area contributed by atoms with Gasteiger partial charge < -0.3 is 15.0 Å². The van der Waals surface area contributed by atoms with Crippen LogP contribution in [0.15, 0.2) is 53.7 Å². The standard InChI is InChI=1S/C22H23F2N5O2S/c1-15(16-5-7-17(23)8-6-16)25-20(30)14-32-22-27-26-21(28-9-11-31-12-10-28)29(22)19-4-2-3-18(24)13-19/h2-8,13,15H,9-12,14H2,1H3,(H,25,30). The summed E-state index contributed by atoms with van der Waals surface area (Å²) in [6.07, 6.45) is 0. The van der Waals surface area contributed by atoms with Crippen molar-refractivity contribution in [1.82, 2.24) is 20.1 Å². The normalized spacial score (nSPS) is 14.9. The van der Waals surface area contributed by atoms with E-state index in [-0.39, 0.29) is 29.3 Å². The third-order valence-corrected chi connectivity index (χ3v) is 5.99. The van der Waals surface area contributed by atoms with Crippen molar-refractivity contribution in [3.8, 4) is 5.69 Å². The van der Waals surface area contributed by atoms with Gasteiger partial charge in [0.1, 0.15) is 11.6 Å². The van der Waals surface area contributed by atoms with Crippen molar-refractivity contribution in [2.45, 2.75) is 18.1 Å². The largest absolute Gasteiger partial charge is 0.378 e. The molecule has 1 saturated heterocycles. The number of rotatable bonds is 7. The molecule has 2 aromatic carbocycles. The number of carbonyl (C=O) groups is 1. The lowest BCUT2D eigenvalue weighted by molar-refractivity contribution is -0.119. The third kappa shape index (κ3) is 5.25. The second-order valence-electron chi connectivity index (χ2n) is 7.33. The molecule has 10 heteroatoms. The molecule has 1 aliphatic heterocycles. The summed E-state index contributed by atoms with van der Waals surface area (Å²) in [4.78, 5) is 14.6. The molecule has 0 radical (unpaired) electrons. The van der Waals surface area contributed by atoms with Gasteiger partial charge in [-0.1, -0.05) is 30.0 Å². The van der Waals surface area contributed by atoms with Gasteiger partial charge in [-0.2, -0.15) is 0 Å². The van der Waals surface area contributed by atoms with Crippen LogP contribution < -0.4 is 10.2 Å². The van der Waals surface area contributed by atoms with Crippen molar-refractivity contribution in [1.29, 1.82) is 0 Å². The van der Waals surface area contributed by atoms with Crippen molar-refractivity contribution in [3.63, 3.8) is 0 Å². The molecule has 32 heavy (non-hydrogen) atoms. The number of hydrogen-bond donors (Lipinski definition) is 1. The summed E-state index contributed by atoms with van der Waals surface area (Å²) in [7, 11) is 0. The minimum atomic E-state index is -0.369. The molecule has 4 rings (SSSR count). The molecule has 7 nitrogen and oxygen atoms in total. The van der Waals surface area contributed by atoms with Crippen molar-refractivity contribution in [3.05, 3.63) is 65.7 Å². The zero-order valence-corrected chi connectivity index (χ0v) is 18.3. The van der Waals surface area contributed by atoms with Gasteiger partial charge in [-0.15, -0.1) is 10.2 Å². The highest BCUT2D eigenvalue weighted by atomic mass is 32.2. The molecule has 1 fully saturated rings. The first-order valence-corrected chi connectivity index (χ1v) is 11.2. The van der Waals surface area contributed by atoms with Gasteiger partial charge in [0.15, 0.2) is 5.16 Å². The van der Waals surface area contributed by atoms with Crippen LogP contribution in [0.2, 0.25) is 0 Å². The zero-order chi connectivity index (χ0) is 22.5. The smallest absolute Gasteiger partial charge is 0.232 e. The van der Waals surface area contributed by atoms with E-state index in [0.717, 1.165) is 5.56 Å². The van der Waals surface area contributed by atoms with Gasteiger partial charge in [-0.3, -0.25) is 9.36 Å². The predicted octanol–water partition coefficient (Wildman–Crippen LogP) is 3.35. The van der Waals surface area contributed by atoms with E-state index in [2.05, 4.69) is 15.5 Å². The van der Waals surface area contributed by atoms with Gasteiger partial charge >= 0.3 is 0 Å². The summed E-state index contributed by atoms with van der Waals surface area (Å²) in [5, 5.41) is 12.0. The molecule has 0 spiro atoms. The van der Waals surface area contributed by atoms with Crippen LogP contribution in [-0.2, 0) is 9.53 Å². The zero-order valence-electron chi connectivity index (χ0n) is 17.5. The van der Waals surface area contributed by atoms with Gasteiger partial charge in [0.2, 0.25) is 11.9 Å². The van der Waals surface area contributed by atoms with Crippen molar-refractivity contribution >= 4 is 23.6 Å². The Labute approximate surface area is 188 Å². The maximum absolute atomic E-state index is 13.9. The van der Waals surface area contributed by atoms with Crippen LogP contribution in [0.25, 0.3) is 5.69 Å². The van der Waals surface area contributed by atoms with E-state index in [1.165, 1.54) is 36.0 Å². The molecule has 168 valence electrons. The lowest BCUT2D eigenvalue weighted by Gasteiger charge is -2.27. The van der Waals surface area contributed by atoms with Crippen LogP contribution in [-0.4, -0.2) is 52.7 Å². The molecule has 2 heterocycles. The molecule has 0 saturated carbocycles. The monoisotopic (exact) mass is 459 g/mol. The van der Waals surface area contributed by atoms with Crippen molar-refractivity contribution in [2.75, 3.05) is 37.0 Å². The van der Waals surface area contributed by atoms with E-state index < -0.39 is 0 Å². The van der Waals surface area contributed by atoms with Gasteiger partial charge in [0.05, 0.1) is 30.7 Å². The second-order valence-corrected chi connectivity index (χ2v) is 8.27. The topological polar surface area (TPSA) is 72.3 Å². The number of nitrogens with one attached hydrogen (secondary N) is 1. The minimum Gasteiger partial charge on any atom is -0.378 e. The molecular weight excluding hydrogens is 436 g/mol. The van der Waals surface area contributed by atoms with Crippen LogP contribution in [0.3, 0.4) is 0 Å². The first-order valence-electron chi connectivity index (χ1n) is 10.2. The molecule has 3 aromatic rings. The van der Waals surface area contributed by atoms with Crippen LogP contribution in [0.5, 0.6) is 0 Å². The highest BCUT2D eigenvalue weighted by Gasteiger charge is 2.23. The number of thioether (sulfide) groups is 1. The fourth-order valence-corrected chi connectivity index (χ4v) is 4.17. The molecule has 1 amide bonds. The minimum absolute atomic E-state index is 0.0993. The average Bonchev–Trinajstić information content (AvgIpc) is 3.23. The van der Waals surface area contributed by atoms with Crippen LogP contribution in [0.1, 0.15) is 18.5 Å². The Morgan fingerprint density at radius 3 is 2.59 bits per heavy atom. The highest BCUT2D eigenvalue weighted by Crippen LogP contribution is 2.27. The first kappa shape index (κ1) is 22.2. The molecule has 1 atom stereocenters. The van der Waals surface area contributed by atoms with Crippen molar-refractivity contribution in [2.24, 2.45) is 0 Å². The van der Waals surface area contributed by atoms with E-state index in [1.807, 2.05) is 11.8 Å². The Kier molecular flexibility index (Phi) is 7.01. The van der Waals surface area contributed by atoms with Gasteiger partial charge in [-0.05, 0) is 42.8 Å². The number of aromatic nitrogens is 3. The van der Waals surface area contributed by atoms with Gasteiger partial charge in [0, 0.05) is 13.1 Å². The van der Waals surface area contributed by atoms with E-state index in [9.17, 15) is 13.6 Å². The first-order chi connectivity index (χ1) is 15.5. The Bertz CT molecular complexity index is 1070. The summed E-state index contributed by atoms with van der Waals surface area (Å²) in [5.74, 6) is -0.209. The number of benzene rings is 2. The third-order valence-electron chi connectivity index (χ3n) is 5.06. The number of hydrogen-bond acceptors (Lipinski definition) is 6. The van der Waals surface area contributed by atoms with Crippen molar-refractivity contribution < 1.29 is 18.3 Å².